The van der Waals surface area contributed by atoms with Gasteiger partial charge in [-0.05, 0) is 42.0 Å². The molecular formula is C17H12F2O2. The summed E-state index contributed by atoms with van der Waals surface area (Å²) in [4.78, 5) is 12.5. The largest absolute Gasteiger partial charge is 0.492 e. The molecule has 0 spiro atoms. The van der Waals surface area contributed by atoms with Crippen molar-refractivity contribution in [1.29, 1.82) is 0 Å². The minimum Gasteiger partial charge on any atom is -0.492 e. The van der Waals surface area contributed by atoms with Crippen molar-refractivity contribution in [3.8, 4) is 5.75 Å². The van der Waals surface area contributed by atoms with Crippen LogP contribution in [0.3, 0.4) is 0 Å². The Hall–Kier alpha value is -2.49. The van der Waals surface area contributed by atoms with Crippen LogP contribution in [0.25, 0.3) is 6.08 Å². The molecule has 1 aliphatic rings. The highest BCUT2D eigenvalue weighted by atomic mass is 19.1. The Bertz CT molecular complexity index is 718. The summed E-state index contributed by atoms with van der Waals surface area (Å²) in [6, 6.07) is 9.75. The van der Waals surface area contributed by atoms with Gasteiger partial charge in [-0.1, -0.05) is 12.1 Å². The van der Waals surface area contributed by atoms with Gasteiger partial charge >= 0.3 is 0 Å². The first-order valence-corrected chi connectivity index (χ1v) is 6.57. The normalized spacial score (nSPS) is 16.3. The fourth-order valence-electron chi connectivity index (χ4n) is 2.26. The predicted octanol–water partition coefficient (Wildman–Crippen LogP) is 4.01. The van der Waals surface area contributed by atoms with E-state index in [1.807, 2.05) is 0 Å². The van der Waals surface area contributed by atoms with E-state index in [0.29, 0.717) is 24.4 Å². The van der Waals surface area contributed by atoms with Gasteiger partial charge in [0.2, 0.25) is 0 Å². The molecular weight excluding hydrogens is 274 g/mol. The zero-order valence-electron chi connectivity index (χ0n) is 11.1. The lowest BCUT2D eigenvalue weighted by Gasteiger charge is -2.05. The minimum absolute atomic E-state index is 0.223. The predicted molar refractivity (Wildman–Crippen MR) is 75.2 cm³/mol. The molecule has 21 heavy (non-hydrogen) atoms. The summed E-state index contributed by atoms with van der Waals surface area (Å²) < 4.78 is 31.7. The van der Waals surface area contributed by atoms with Crippen LogP contribution < -0.4 is 4.74 Å². The molecule has 0 saturated heterocycles. The maximum atomic E-state index is 13.3. The lowest BCUT2D eigenvalue weighted by atomic mass is 9.99. The van der Waals surface area contributed by atoms with Crippen LogP contribution >= 0.6 is 0 Å². The average Bonchev–Trinajstić information content (AvgIpc) is 2.62. The summed E-state index contributed by atoms with van der Waals surface area (Å²) in [5, 5.41) is 0. The summed E-state index contributed by atoms with van der Waals surface area (Å²) in [5.41, 5.74) is 1.46. The van der Waals surface area contributed by atoms with Crippen molar-refractivity contribution in [3.63, 3.8) is 0 Å². The second kappa shape index (κ2) is 5.48. The number of rotatable bonds is 1. The fourth-order valence-corrected chi connectivity index (χ4v) is 2.26. The van der Waals surface area contributed by atoms with Crippen molar-refractivity contribution in [2.45, 2.75) is 6.42 Å². The molecule has 106 valence electrons. The maximum Gasteiger partial charge on any atom is 0.192 e. The van der Waals surface area contributed by atoms with Crippen LogP contribution in [0.1, 0.15) is 22.3 Å². The SMILES string of the molecule is O=C1C(=Cc2ccc(F)cc2)CCOc2ccc(F)cc21. The average molecular weight is 286 g/mol. The second-order valence-electron chi connectivity index (χ2n) is 4.79. The molecule has 0 aliphatic carbocycles. The van der Waals surface area contributed by atoms with E-state index in [1.165, 1.54) is 30.3 Å². The van der Waals surface area contributed by atoms with E-state index in [2.05, 4.69) is 0 Å². The highest BCUT2D eigenvalue weighted by Gasteiger charge is 2.21. The Morgan fingerprint density at radius 1 is 1.00 bits per heavy atom. The fraction of sp³-hybridized carbons (Fsp3) is 0.118. The van der Waals surface area contributed by atoms with E-state index in [4.69, 9.17) is 4.74 Å². The van der Waals surface area contributed by atoms with Crippen LogP contribution in [0.5, 0.6) is 5.75 Å². The number of ether oxygens (including phenoxy) is 1. The number of ketones is 1. The molecule has 2 aromatic carbocycles. The molecule has 2 aromatic rings. The summed E-state index contributed by atoms with van der Waals surface area (Å²) in [6.45, 7) is 0.345. The quantitative estimate of drug-likeness (QED) is 0.740. The van der Waals surface area contributed by atoms with Gasteiger partial charge in [0.25, 0.3) is 0 Å². The van der Waals surface area contributed by atoms with Crippen LogP contribution in [0.15, 0.2) is 48.0 Å². The summed E-state index contributed by atoms with van der Waals surface area (Å²) in [7, 11) is 0. The first-order valence-electron chi connectivity index (χ1n) is 6.57. The summed E-state index contributed by atoms with van der Waals surface area (Å²) in [6.07, 6.45) is 2.11. The van der Waals surface area contributed by atoms with Gasteiger partial charge in [0, 0.05) is 12.0 Å². The number of carbonyl (C=O) groups excluding carboxylic acids is 1. The minimum atomic E-state index is -0.478. The lowest BCUT2D eigenvalue weighted by molar-refractivity contribution is 0.103. The zero-order valence-corrected chi connectivity index (χ0v) is 11.1. The zero-order chi connectivity index (χ0) is 14.8. The molecule has 3 rings (SSSR count). The van der Waals surface area contributed by atoms with Gasteiger partial charge in [0.1, 0.15) is 17.4 Å². The van der Waals surface area contributed by atoms with Gasteiger partial charge in [-0.2, -0.15) is 0 Å². The van der Waals surface area contributed by atoms with Crippen LogP contribution in [0.4, 0.5) is 8.78 Å². The summed E-state index contributed by atoms with van der Waals surface area (Å²) in [5.74, 6) is -0.677. The van der Waals surface area contributed by atoms with Crippen molar-refractivity contribution in [2.75, 3.05) is 6.61 Å². The number of hydrogen-bond donors (Lipinski definition) is 0. The van der Waals surface area contributed by atoms with Crippen molar-refractivity contribution in [1.82, 2.24) is 0 Å². The number of benzene rings is 2. The highest BCUT2D eigenvalue weighted by molar-refractivity contribution is 6.13. The van der Waals surface area contributed by atoms with Gasteiger partial charge in [0.05, 0.1) is 12.2 Å². The number of carbonyl (C=O) groups is 1. The van der Waals surface area contributed by atoms with Crippen LogP contribution in [0.2, 0.25) is 0 Å². The molecule has 1 aliphatic heterocycles. The van der Waals surface area contributed by atoms with Crippen LogP contribution in [0, 0.1) is 11.6 Å². The molecule has 0 N–H and O–H groups in total. The molecule has 2 nitrogen and oxygen atoms in total. The Labute approximate surface area is 120 Å². The number of hydrogen-bond acceptors (Lipinski definition) is 2. The highest BCUT2D eigenvalue weighted by Crippen LogP contribution is 2.28. The van der Waals surface area contributed by atoms with Crippen LogP contribution in [-0.2, 0) is 0 Å². The molecule has 0 saturated carbocycles. The van der Waals surface area contributed by atoms with Gasteiger partial charge < -0.3 is 4.74 Å². The van der Waals surface area contributed by atoms with E-state index in [0.717, 1.165) is 5.56 Å². The molecule has 0 aromatic heterocycles. The van der Waals surface area contributed by atoms with E-state index < -0.39 is 5.82 Å². The van der Waals surface area contributed by atoms with E-state index >= 15 is 0 Å². The first-order chi connectivity index (χ1) is 10.1. The van der Waals surface area contributed by atoms with Gasteiger partial charge in [-0.3, -0.25) is 4.79 Å². The Kier molecular flexibility index (Phi) is 3.52. The van der Waals surface area contributed by atoms with Crippen molar-refractivity contribution >= 4 is 11.9 Å². The third kappa shape index (κ3) is 2.84. The Morgan fingerprint density at radius 3 is 2.48 bits per heavy atom. The lowest BCUT2D eigenvalue weighted by Crippen LogP contribution is -2.02. The molecule has 1 heterocycles. The Morgan fingerprint density at radius 2 is 1.71 bits per heavy atom. The maximum absolute atomic E-state index is 13.3. The molecule has 0 radical (unpaired) electrons. The van der Waals surface area contributed by atoms with Crippen molar-refractivity contribution in [3.05, 3.63) is 70.8 Å². The molecule has 0 amide bonds. The number of halogens is 2. The van der Waals surface area contributed by atoms with Gasteiger partial charge in [-0.25, -0.2) is 8.78 Å². The molecule has 0 bridgehead atoms. The topological polar surface area (TPSA) is 26.3 Å². The van der Waals surface area contributed by atoms with Crippen molar-refractivity contribution < 1.29 is 18.3 Å². The van der Waals surface area contributed by atoms with Gasteiger partial charge in [-0.15, -0.1) is 0 Å². The smallest absolute Gasteiger partial charge is 0.192 e. The molecule has 4 heteroatoms. The summed E-state index contributed by atoms with van der Waals surface area (Å²) >= 11 is 0. The van der Waals surface area contributed by atoms with Gasteiger partial charge in [0.15, 0.2) is 5.78 Å². The molecule has 0 atom stereocenters. The van der Waals surface area contributed by atoms with E-state index in [9.17, 15) is 13.6 Å². The number of Topliss-reactive ketones (excluding diaryl/α,β-unsaturated/α-hetero) is 1. The Balaban J connectivity index is 2.00. The molecule has 0 fully saturated rings. The molecule has 0 unspecified atom stereocenters. The number of fused-ring (bicyclic) bond motifs is 1. The van der Waals surface area contributed by atoms with E-state index in [1.54, 1.807) is 18.2 Å². The third-order valence-corrected chi connectivity index (χ3v) is 3.32. The second-order valence-corrected chi connectivity index (χ2v) is 4.79. The standard InChI is InChI=1S/C17H12F2O2/c18-13-3-1-11(2-4-13)9-12-7-8-21-16-6-5-14(19)10-15(16)17(12)20/h1-6,9-10H,7-8H2. The monoisotopic (exact) mass is 286 g/mol. The first kappa shape index (κ1) is 13.5. The van der Waals surface area contributed by atoms with E-state index in [-0.39, 0.29) is 17.2 Å². The van der Waals surface area contributed by atoms with Crippen molar-refractivity contribution in [2.24, 2.45) is 0 Å². The van der Waals surface area contributed by atoms with Crippen LogP contribution in [-0.4, -0.2) is 12.4 Å². The third-order valence-electron chi connectivity index (χ3n) is 3.32.